The Morgan fingerprint density at radius 3 is 2.41 bits per heavy atom. The van der Waals surface area contributed by atoms with Gasteiger partial charge in [-0.1, -0.05) is 18.2 Å². The third-order valence-corrected chi connectivity index (χ3v) is 8.91. The van der Waals surface area contributed by atoms with E-state index in [0.29, 0.717) is 12.0 Å². The highest BCUT2D eigenvalue weighted by Gasteiger charge is 2.38. The molecule has 1 unspecified atom stereocenters. The number of anilines is 3. The Morgan fingerprint density at radius 1 is 1.07 bits per heavy atom. The Hall–Kier alpha value is -4.21. The highest BCUT2D eigenvalue weighted by atomic mass is 32.2. The van der Waals surface area contributed by atoms with E-state index in [4.69, 9.17) is 24.5 Å². The molecule has 6 rings (SSSR count). The number of rotatable bonds is 7. The highest BCUT2D eigenvalue weighted by molar-refractivity contribution is 7.84. The summed E-state index contributed by atoms with van der Waals surface area (Å²) in [6.45, 7) is 5.84. The zero-order valence-electron chi connectivity index (χ0n) is 25.4. The number of aliphatic carboxylic acids is 1. The molecule has 15 heteroatoms. The smallest absolute Gasteiger partial charge is 0.490 e. The molecule has 2 aliphatic rings. The summed E-state index contributed by atoms with van der Waals surface area (Å²) in [6.07, 6.45) is 0.705. The van der Waals surface area contributed by atoms with Crippen molar-refractivity contribution in [3.8, 4) is 17.0 Å². The SMILES string of the molecule is COc1cc(N2CCC(N3CCOCC3)CC2)ccc1Nc1ncc2ccc(-c3ccccc3S(C)=O)n2n1.O=C(O)C(F)(F)F. The molecule has 2 saturated heterocycles. The first-order valence-corrected chi connectivity index (χ1v) is 16.2. The van der Waals surface area contributed by atoms with Crippen LogP contribution in [-0.2, 0) is 20.3 Å². The van der Waals surface area contributed by atoms with E-state index in [2.05, 4.69) is 32.2 Å². The van der Waals surface area contributed by atoms with E-state index < -0.39 is 22.9 Å². The van der Waals surface area contributed by atoms with E-state index >= 15 is 0 Å². The van der Waals surface area contributed by atoms with Crippen LogP contribution in [0.2, 0.25) is 0 Å². The maximum atomic E-state index is 12.3. The molecule has 0 radical (unpaired) electrons. The number of methoxy groups -OCH3 is 1. The van der Waals surface area contributed by atoms with Gasteiger partial charge in [-0.2, -0.15) is 13.2 Å². The third-order valence-electron chi connectivity index (χ3n) is 7.94. The zero-order valence-corrected chi connectivity index (χ0v) is 26.2. The van der Waals surface area contributed by atoms with Crippen molar-refractivity contribution in [3.63, 3.8) is 0 Å². The first kappa shape index (κ1) is 33.2. The maximum absolute atomic E-state index is 12.3. The van der Waals surface area contributed by atoms with Crippen LogP contribution in [0.1, 0.15) is 12.8 Å². The average Bonchev–Trinajstić information content (AvgIpc) is 3.48. The van der Waals surface area contributed by atoms with Crippen LogP contribution in [0, 0.1) is 0 Å². The number of carboxylic acids is 1. The van der Waals surface area contributed by atoms with Gasteiger partial charge in [0.15, 0.2) is 0 Å². The van der Waals surface area contributed by atoms with Crippen LogP contribution in [0.3, 0.4) is 0 Å². The average molecular weight is 661 g/mol. The molecule has 4 aromatic rings. The monoisotopic (exact) mass is 660 g/mol. The number of aromatic nitrogens is 3. The van der Waals surface area contributed by atoms with Crippen molar-refractivity contribution in [2.24, 2.45) is 0 Å². The number of ether oxygens (including phenoxy) is 2. The van der Waals surface area contributed by atoms with Gasteiger partial charge >= 0.3 is 12.1 Å². The molecule has 11 nitrogen and oxygen atoms in total. The van der Waals surface area contributed by atoms with Gasteiger partial charge in [0.2, 0.25) is 5.95 Å². The molecular weight excluding hydrogens is 625 g/mol. The van der Waals surface area contributed by atoms with Gasteiger partial charge in [0, 0.05) is 60.7 Å². The van der Waals surface area contributed by atoms with Gasteiger partial charge < -0.3 is 24.8 Å². The molecule has 46 heavy (non-hydrogen) atoms. The van der Waals surface area contributed by atoms with Crippen LogP contribution in [0.5, 0.6) is 5.75 Å². The molecule has 1 atom stereocenters. The van der Waals surface area contributed by atoms with Crippen molar-refractivity contribution in [2.45, 2.75) is 30.0 Å². The van der Waals surface area contributed by atoms with Gasteiger partial charge in [-0.3, -0.25) is 9.11 Å². The van der Waals surface area contributed by atoms with Crippen molar-refractivity contribution < 1.29 is 36.8 Å². The predicted octanol–water partition coefficient (Wildman–Crippen LogP) is 4.82. The van der Waals surface area contributed by atoms with Crippen LogP contribution < -0.4 is 15.0 Å². The normalized spacial score (nSPS) is 16.8. The first-order valence-electron chi connectivity index (χ1n) is 14.6. The number of fused-ring (bicyclic) bond motifs is 1. The number of hydrogen-bond donors (Lipinski definition) is 2. The van der Waals surface area contributed by atoms with Gasteiger partial charge in [0.05, 0.1) is 54.2 Å². The van der Waals surface area contributed by atoms with Crippen LogP contribution in [0.25, 0.3) is 16.8 Å². The van der Waals surface area contributed by atoms with Crippen LogP contribution in [-0.4, -0.2) is 99.8 Å². The fraction of sp³-hybridized carbons (Fsp3) is 0.387. The Morgan fingerprint density at radius 2 is 1.76 bits per heavy atom. The molecule has 2 N–H and O–H groups in total. The summed E-state index contributed by atoms with van der Waals surface area (Å²) in [5.74, 6) is -1.56. The topological polar surface area (TPSA) is 122 Å². The van der Waals surface area contributed by atoms with E-state index in [0.717, 1.165) is 91.0 Å². The standard InChI is InChI=1S/C29H34N6O3S.C2HF3O2/c1-37-27-19-22(33-13-11-21(12-14-33)34-15-17-38-18-16-34)7-9-25(27)31-29-30-20-23-8-10-26(35(23)32-29)24-5-3-4-6-28(24)39(2)36;3-2(4,5)1(6)7/h3-10,19-21H,11-18H2,1-2H3,(H,31,32);(H,6,7). The quantitative estimate of drug-likeness (QED) is 0.286. The fourth-order valence-electron chi connectivity index (χ4n) is 5.62. The van der Waals surface area contributed by atoms with E-state index in [-0.39, 0.29) is 0 Å². The van der Waals surface area contributed by atoms with E-state index in [9.17, 15) is 17.4 Å². The Labute approximate surface area is 266 Å². The molecule has 4 heterocycles. The van der Waals surface area contributed by atoms with Gasteiger partial charge in [-0.05, 0) is 43.2 Å². The zero-order chi connectivity index (χ0) is 32.8. The molecule has 0 aliphatic carbocycles. The summed E-state index contributed by atoms with van der Waals surface area (Å²) in [5, 5.41) is 15.2. The molecule has 2 aromatic heterocycles. The number of benzene rings is 2. The second-order valence-corrected chi connectivity index (χ2v) is 12.1. The number of halogens is 3. The molecule has 0 bridgehead atoms. The Kier molecular flexibility index (Phi) is 10.4. The summed E-state index contributed by atoms with van der Waals surface area (Å²) in [5.41, 5.74) is 4.57. The van der Waals surface area contributed by atoms with Gasteiger partial charge in [0.1, 0.15) is 5.75 Å². The van der Waals surface area contributed by atoms with Crippen LogP contribution >= 0.6 is 0 Å². The Bertz CT molecular complexity index is 1690. The first-order chi connectivity index (χ1) is 22.0. The van der Waals surface area contributed by atoms with Crippen molar-refractivity contribution in [1.29, 1.82) is 0 Å². The number of nitrogens with one attached hydrogen (secondary N) is 1. The molecule has 2 aliphatic heterocycles. The van der Waals surface area contributed by atoms with Crippen molar-refractivity contribution in [1.82, 2.24) is 19.5 Å². The number of nitrogens with zero attached hydrogens (tertiary/aromatic N) is 5. The summed E-state index contributed by atoms with van der Waals surface area (Å²) in [6, 6.07) is 18.6. The molecule has 0 saturated carbocycles. The number of piperidine rings is 1. The lowest BCUT2D eigenvalue weighted by atomic mass is 10.0. The second kappa shape index (κ2) is 14.5. The lowest BCUT2D eigenvalue weighted by Gasteiger charge is -2.40. The van der Waals surface area contributed by atoms with E-state index in [1.165, 1.54) is 0 Å². The minimum absolute atomic E-state index is 0.451. The van der Waals surface area contributed by atoms with Gasteiger partial charge in [0.25, 0.3) is 0 Å². The lowest BCUT2D eigenvalue weighted by Crippen LogP contribution is -2.49. The number of carbonyl (C=O) groups is 1. The molecule has 0 amide bonds. The molecular formula is C31H35F3N6O5S. The molecule has 2 aromatic carbocycles. The summed E-state index contributed by atoms with van der Waals surface area (Å²) >= 11 is 0. The third kappa shape index (κ3) is 7.77. The lowest BCUT2D eigenvalue weighted by molar-refractivity contribution is -0.192. The van der Waals surface area contributed by atoms with E-state index in [1.807, 2.05) is 47.0 Å². The van der Waals surface area contributed by atoms with Crippen LogP contribution in [0.4, 0.5) is 30.5 Å². The van der Waals surface area contributed by atoms with Crippen molar-refractivity contribution in [2.75, 3.05) is 63.0 Å². The maximum Gasteiger partial charge on any atom is 0.490 e. The van der Waals surface area contributed by atoms with Crippen LogP contribution in [0.15, 0.2) is 65.7 Å². The summed E-state index contributed by atoms with van der Waals surface area (Å²) < 4.78 is 57.2. The largest absolute Gasteiger partial charge is 0.494 e. The second-order valence-electron chi connectivity index (χ2n) is 10.8. The molecule has 0 spiro atoms. The number of alkyl halides is 3. The summed E-state index contributed by atoms with van der Waals surface area (Å²) in [7, 11) is 0.568. The molecule has 246 valence electrons. The van der Waals surface area contributed by atoms with Gasteiger partial charge in [-0.25, -0.2) is 14.3 Å². The van der Waals surface area contributed by atoms with Crippen molar-refractivity contribution >= 4 is 39.6 Å². The van der Waals surface area contributed by atoms with Gasteiger partial charge in [-0.15, -0.1) is 5.10 Å². The number of hydrogen-bond acceptors (Lipinski definition) is 9. The Balaban J connectivity index is 0.000000537. The highest BCUT2D eigenvalue weighted by Crippen LogP contribution is 2.34. The summed E-state index contributed by atoms with van der Waals surface area (Å²) in [4.78, 5) is 19.2. The minimum atomic E-state index is -5.08. The number of morpholine rings is 1. The minimum Gasteiger partial charge on any atom is -0.494 e. The predicted molar refractivity (Wildman–Crippen MR) is 168 cm³/mol. The fourth-order valence-corrected chi connectivity index (χ4v) is 6.38. The molecule has 2 fully saturated rings. The van der Waals surface area contributed by atoms with E-state index in [1.54, 1.807) is 19.6 Å². The number of carboxylic acid groups (broad SMARTS) is 1. The van der Waals surface area contributed by atoms with Crippen molar-refractivity contribution in [3.05, 3.63) is 60.8 Å².